The van der Waals surface area contributed by atoms with Crippen molar-refractivity contribution in [2.75, 3.05) is 0 Å². The van der Waals surface area contributed by atoms with Crippen LogP contribution in [-0.2, 0) is 6.18 Å². The third kappa shape index (κ3) is 3.16. The van der Waals surface area contributed by atoms with Crippen LogP contribution in [0.25, 0.3) is 0 Å². The van der Waals surface area contributed by atoms with Crippen LogP contribution in [0.3, 0.4) is 0 Å². The Kier molecular flexibility index (Phi) is 4.42. The molecule has 2 aromatic rings. The highest BCUT2D eigenvalue weighted by Gasteiger charge is 2.34. The van der Waals surface area contributed by atoms with E-state index >= 15 is 0 Å². The summed E-state index contributed by atoms with van der Waals surface area (Å²) in [5, 5.41) is 10.5. The summed E-state index contributed by atoms with van der Waals surface area (Å²) in [6, 6.07) is 9.47. The number of benzene rings is 2. The second-order valence-corrected chi connectivity index (χ2v) is 5.42. The molecule has 2 rings (SSSR count). The molecule has 0 aromatic heterocycles. The van der Waals surface area contributed by atoms with Gasteiger partial charge in [0.15, 0.2) is 0 Å². The van der Waals surface area contributed by atoms with Crippen LogP contribution >= 0.6 is 27.5 Å². The maximum Gasteiger partial charge on any atom is 0.416 e. The van der Waals surface area contributed by atoms with Gasteiger partial charge in [0.1, 0.15) is 6.10 Å². The van der Waals surface area contributed by atoms with E-state index in [0.29, 0.717) is 15.1 Å². The number of aliphatic hydroxyl groups excluding tert-OH is 1. The Morgan fingerprint density at radius 3 is 2.35 bits per heavy atom. The maximum absolute atomic E-state index is 12.9. The van der Waals surface area contributed by atoms with Gasteiger partial charge in [-0.05, 0) is 45.3 Å². The molecule has 0 amide bonds. The van der Waals surface area contributed by atoms with Crippen LogP contribution in [0.1, 0.15) is 22.8 Å². The molecule has 0 saturated carbocycles. The normalized spacial score (nSPS) is 13.3. The van der Waals surface area contributed by atoms with E-state index in [0.717, 1.165) is 6.07 Å². The fraction of sp³-hybridized carbons (Fsp3) is 0.143. The molecule has 0 aliphatic carbocycles. The number of hydrogen-bond acceptors (Lipinski definition) is 1. The first-order valence-corrected chi connectivity index (χ1v) is 6.77. The lowest BCUT2D eigenvalue weighted by molar-refractivity contribution is -0.139. The second-order valence-electron chi connectivity index (χ2n) is 4.16. The van der Waals surface area contributed by atoms with Crippen LogP contribution in [0.4, 0.5) is 13.2 Å². The molecule has 20 heavy (non-hydrogen) atoms. The van der Waals surface area contributed by atoms with Gasteiger partial charge in [-0.1, -0.05) is 35.9 Å². The van der Waals surface area contributed by atoms with E-state index in [-0.39, 0.29) is 5.56 Å². The first kappa shape index (κ1) is 15.4. The van der Waals surface area contributed by atoms with Crippen LogP contribution in [0, 0.1) is 0 Å². The van der Waals surface area contributed by atoms with Gasteiger partial charge in [0.05, 0.1) is 10.6 Å². The Morgan fingerprint density at radius 2 is 1.75 bits per heavy atom. The summed E-state index contributed by atoms with van der Waals surface area (Å²) in [6.07, 6.45) is -5.91. The third-order valence-corrected chi connectivity index (χ3v) is 4.05. The van der Waals surface area contributed by atoms with Crippen molar-refractivity contribution in [3.8, 4) is 0 Å². The molecule has 0 spiro atoms. The van der Waals surface area contributed by atoms with E-state index < -0.39 is 17.8 Å². The average molecular weight is 366 g/mol. The SMILES string of the molecule is OC(c1ccc(Br)c(Cl)c1)c1ccccc1C(F)(F)F. The molecule has 0 heterocycles. The predicted molar refractivity (Wildman–Crippen MR) is 74.7 cm³/mol. The number of halogens is 5. The predicted octanol–water partition coefficient (Wildman–Crippen LogP) is 5.20. The Bertz CT molecular complexity index is 628. The van der Waals surface area contributed by atoms with Crippen molar-refractivity contribution in [1.29, 1.82) is 0 Å². The Balaban J connectivity index is 2.48. The van der Waals surface area contributed by atoms with Gasteiger partial charge in [-0.25, -0.2) is 0 Å². The van der Waals surface area contributed by atoms with Crippen LogP contribution in [0.5, 0.6) is 0 Å². The van der Waals surface area contributed by atoms with Gasteiger partial charge < -0.3 is 5.11 Å². The lowest BCUT2D eigenvalue weighted by Gasteiger charge is -2.18. The minimum Gasteiger partial charge on any atom is -0.384 e. The van der Waals surface area contributed by atoms with Crippen molar-refractivity contribution in [1.82, 2.24) is 0 Å². The fourth-order valence-electron chi connectivity index (χ4n) is 1.86. The van der Waals surface area contributed by atoms with Crippen LogP contribution in [-0.4, -0.2) is 5.11 Å². The van der Waals surface area contributed by atoms with Gasteiger partial charge in [0.25, 0.3) is 0 Å². The number of hydrogen-bond donors (Lipinski definition) is 1. The summed E-state index contributed by atoms with van der Waals surface area (Å²) in [5.74, 6) is 0. The smallest absolute Gasteiger partial charge is 0.384 e. The topological polar surface area (TPSA) is 20.2 Å². The molecular formula is C14H9BrClF3O. The molecule has 2 aromatic carbocycles. The molecule has 0 radical (unpaired) electrons. The molecule has 6 heteroatoms. The second kappa shape index (κ2) is 5.76. The lowest BCUT2D eigenvalue weighted by atomic mass is 9.96. The molecular weight excluding hydrogens is 357 g/mol. The Hall–Kier alpha value is -1.04. The molecule has 0 bridgehead atoms. The summed E-state index contributed by atoms with van der Waals surface area (Å²) in [6.45, 7) is 0. The number of rotatable bonds is 2. The fourth-order valence-corrected chi connectivity index (χ4v) is 2.29. The Labute approximate surface area is 127 Å². The molecule has 1 unspecified atom stereocenters. The zero-order valence-corrected chi connectivity index (χ0v) is 12.3. The summed E-state index contributed by atoms with van der Waals surface area (Å²) < 4.78 is 39.4. The monoisotopic (exact) mass is 364 g/mol. The quantitative estimate of drug-likeness (QED) is 0.775. The highest BCUT2D eigenvalue weighted by atomic mass is 79.9. The summed E-state index contributed by atoms with van der Waals surface area (Å²) in [5.41, 5.74) is -0.750. The molecule has 106 valence electrons. The summed E-state index contributed by atoms with van der Waals surface area (Å²) >= 11 is 9.08. The first-order chi connectivity index (χ1) is 9.30. The van der Waals surface area contributed by atoms with E-state index in [1.54, 1.807) is 6.07 Å². The maximum atomic E-state index is 12.9. The zero-order chi connectivity index (χ0) is 14.9. The van der Waals surface area contributed by atoms with Crippen molar-refractivity contribution in [3.05, 3.63) is 68.7 Å². The van der Waals surface area contributed by atoms with Crippen LogP contribution in [0.2, 0.25) is 5.02 Å². The van der Waals surface area contributed by atoms with Crippen molar-refractivity contribution < 1.29 is 18.3 Å². The third-order valence-electron chi connectivity index (χ3n) is 2.82. The Morgan fingerprint density at radius 1 is 1.10 bits per heavy atom. The van der Waals surface area contributed by atoms with Crippen LogP contribution in [0.15, 0.2) is 46.9 Å². The number of aliphatic hydroxyl groups is 1. The average Bonchev–Trinajstić information content (AvgIpc) is 2.40. The van der Waals surface area contributed by atoms with Crippen LogP contribution < -0.4 is 0 Å². The molecule has 0 saturated heterocycles. The molecule has 1 N–H and O–H groups in total. The standard InChI is InChI=1S/C14H9BrClF3O/c15-11-6-5-8(7-12(11)16)13(20)9-3-1-2-4-10(9)14(17,18)19/h1-7,13,20H. The lowest BCUT2D eigenvalue weighted by Crippen LogP contribution is -2.12. The van der Waals surface area contributed by atoms with Gasteiger partial charge in [-0.3, -0.25) is 0 Å². The van der Waals surface area contributed by atoms with E-state index in [4.69, 9.17) is 11.6 Å². The zero-order valence-electron chi connectivity index (χ0n) is 9.96. The minimum absolute atomic E-state index is 0.196. The van der Waals surface area contributed by atoms with E-state index in [2.05, 4.69) is 15.9 Å². The van der Waals surface area contributed by atoms with Crippen molar-refractivity contribution in [3.63, 3.8) is 0 Å². The largest absolute Gasteiger partial charge is 0.416 e. The molecule has 0 aliphatic heterocycles. The van der Waals surface area contributed by atoms with Crippen molar-refractivity contribution in [2.24, 2.45) is 0 Å². The molecule has 0 aliphatic rings. The molecule has 0 fully saturated rings. The molecule has 1 nitrogen and oxygen atoms in total. The first-order valence-electron chi connectivity index (χ1n) is 5.60. The van der Waals surface area contributed by atoms with Crippen molar-refractivity contribution >= 4 is 27.5 Å². The van der Waals surface area contributed by atoms with E-state index in [9.17, 15) is 18.3 Å². The molecule has 1 atom stereocenters. The van der Waals surface area contributed by atoms with Gasteiger partial charge in [0, 0.05) is 4.47 Å². The van der Waals surface area contributed by atoms with Gasteiger partial charge in [0.2, 0.25) is 0 Å². The number of alkyl halides is 3. The van der Waals surface area contributed by atoms with Gasteiger partial charge in [-0.2, -0.15) is 13.2 Å². The van der Waals surface area contributed by atoms with Gasteiger partial charge in [-0.15, -0.1) is 0 Å². The highest BCUT2D eigenvalue weighted by molar-refractivity contribution is 9.10. The van der Waals surface area contributed by atoms with Crippen molar-refractivity contribution in [2.45, 2.75) is 12.3 Å². The summed E-state index contributed by atoms with van der Waals surface area (Å²) in [7, 11) is 0. The van der Waals surface area contributed by atoms with E-state index in [1.807, 2.05) is 0 Å². The van der Waals surface area contributed by atoms with E-state index in [1.165, 1.54) is 30.3 Å². The minimum atomic E-state index is -4.52. The summed E-state index contributed by atoms with van der Waals surface area (Å²) in [4.78, 5) is 0. The highest BCUT2D eigenvalue weighted by Crippen LogP contribution is 2.37. The van der Waals surface area contributed by atoms with Gasteiger partial charge >= 0.3 is 6.18 Å².